The summed E-state index contributed by atoms with van der Waals surface area (Å²) in [7, 11) is -3.22. The molecule has 0 radical (unpaired) electrons. The largest absolute Gasteiger partial charge is 0.399 e. The van der Waals surface area contributed by atoms with Gasteiger partial charge < -0.3 is 5.73 Å². The molecule has 0 unspecified atom stereocenters. The van der Waals surface area contributed by atoms with Crippen molar-refractivity contribution in [2.45, 2.75) is 31.4 Å². The number of nitrogens with two attached hydrogens (primary N) is 1. The molecule has 0 atom stereocenters. The summed E-state index contributed by atoms with van der Waals surface area (Å²) in [5.74, 6) is 0.878. The van der Waals surface area contributed by atoms with Crippen LogP contribution >= 0.6 is 0 Å². The van der Waals surface area contributed by atoms with Crippen LogP contribution in [-0.4, -0.2) is 15.0 Å². The van der Waals surface area contributed by atoms with Crippen LogP contribution in [0.1, 0.15) is 31.2 Å². The van der Waals surface area contributed by atoms with Gasteiger partial charge in [0, 0.05) is 12.2 Å². The van der Waals surface area contributed by atoms with Gasteiger partial charge in [0.15, 0.2) is 0 Å². The van der Waals surface area contributed by atoms with Crippen molar-refractivity contribution >= 4 is 15.7 Å². The maximum Gasteiger partial charge on any atom is 0.215 e. The van der Waals surface area contributed by atoms with Crippen molar-refractivity contribution in [2.75, 3.05) is 12.3 Å². The number of nitrogens with one attached hydrogen (secondary N) is 1. The van der Waals surface area contributed by atoms with Gasteiger partial charge in [-0.2, -0.15) is 0 Å². The van der Waals surface area contributed by atoms with Gasteiger partial charge in [0.25, 0.3) is 0 Å². The number of hydrogen-bond acceptors (Lipinski definition) is 3. The molecule has 1 saturated carbocycles. The first-order valence-electron chi connectivity index (χ1n) is 6.37. The van der Waals surface area contributed by atoms with E-state index in [1.54, 1.807) is 24.3 Å². The molecule has 2 rings (SSSR count). The Kier molecular flexibility index (Phi) is 4.24. The third kappa shape index (κ3) is 4.66. The van der Waals surface area contributed by atoms with Crippen molar-refractivity contribution < 1.29 is 8.42 Å². The third-order valence-corrected chi connectivity index (χ3v) is 4.50. The average Bonchev–Trinajstić information content (AvgIpc) is 3.11. The average molecular weight is 268 g/mol. The molecule has 1 fully saturated rings. The van der Waals surface area contributed by atoms with Crippen LogP contribution in [0.4, 0.5) is 5.69 Å². The lowest BCUT2D eigenvalue weighted by Gasteiger charge is -2.06. The summed E-state index contributed by atoms with van der Waals surface area (Å²) in [6.07, 6.45) is 4.71. The van der Waals surface area contributed by atoms with E-state index < -0.39 is 10.0 Å². The van der Waals surface area contributed by atoms with Gasteiger partial charge in [-0.05, 0) is 36.5 Å². The Balaban J connectivity index is 1.76. The first-order chi connectivity index (χ1) is 8.55. The molecule has 3 N–H and O–H groups in total. The van der Waals surface area contributed by atoms with E-state index in [0.29, 0.717) is 12.2 Å². The Morgan fingerprint density at radius 3 is 2.50 bits per heavy atom. The number of hydrogen-bond donors (Lipinski definition) is 2. The number of rotatable bonds is 7. The molecule has 5 heteroatoms. The second-order valence-electron chi connectivity index (χ2n) is 4.98. The molecular weight excluding hydrogens is 248 g/mol. The first-order valence-corrected chi connectivity index (χ1v) is 8.02. The lowest BCUT2D eigenvalue weighted by molar-refractivity contribution is 0.572. The summed E-state index contributed by atoms with van der Waals surface area (Å²) in [4.78, 5) is 0. The van der Waals surface area contributed by atoms with E-state index in [1.807, 2.05) is 0 Å². The molecule has 1 aromatic carbocycles. The molecule has 18 heavy (non-hydrogen) atoms. The van der Waals surface area contributed by atoms with Gasteiger partial charge in [0.2, 0.25) is 10.0 Å². The van der Waals surface area contributed by atoms with E-state index in [9.17, 15) is 8.42 Å². The Morgan fingerprint density at radius 2 is 1.89 bits per heavy atom. The molecule has 0 amide bonds. The number of benzene rings is 1. The Labute approximate surface area is 109 Å². The highest BCUT2D eigenvalue weighted by molar-refractivity contribution is 7.88. The molecule has 1 aromatic rings. The van der Waals surface area contributed by atoms with E-state index >= 15 is 0 Å². The lowest BCUT2D eigenvalue weighted by Crippen LogP contribution is -2.26. The minimum atomic E-state index is -3.22. The van der Waals surface area contributed by atoms with E-state index in [-0.39, 0.29) is 5.75 Å². The molecule has 0 spiro atoms. The Morgan fingerprint density at radius 1 is 1.22 bits per heavy atom. The predicted molar refractivity (Wildman–Crippen MR) is 73.4 cm³/mol. The maximum absolute atomic E-state index is 11.8. The predicted octanol–water partition coefficient (Wildman–Crippen LogP) is 1.88. The zero-order chi connectivity index (χ0) is 13.0. The minimum absolute atomic E-state index is 0.0245. The Bertz CT molecular complexity index is 478. The van der Waals surface area contributed by atoms with Crippen molar-refractivity contribution in [1.29, 1.82) is 0 Å². The molecule has 0 aromatic heterocycles. The van der Waals surface area contributed by atoms with Crippen LogP contribution in [0.3, 0.4) is 0 Å². The van der Waals surface area contributed by atoms with Crippen molar-refractivity contribution in [3.63, 3.8) is 0 Å². The van der Waals surface area contributed by atoms with Crippen LogP contribution in [0, 0.1) is 5.92 Å². The molecule has 100 valence electrons. The smallest absolute Gasteiger partial charge is 0.215 e. The lowest BCUT2D eigenvalue weighted by atomic mass is 10.2. The van der Waals surface area contributed by atoms with Gasteiger partial charge in [-0.25, -0.2) is 13.1 Å². The molecule has 1 aliphatic rings. The number of nitrogen functional groups attached to an aromatic ring is 1. The second kappa shape index (κ2) is 5.71. The summed E-state index contributed by atoms with van der Waals surface area (Å²) in [6.45, 7) is 0.549. The van der Waals surface area contributed by atoms with Crippen molar-refractivity contribution in [3.05, 3.63) is 29.8 Å². The van der Waals surface area contributed by atoms with E-state index in [0.717, 1.165) is 24.3 Å². The van der Waals surface area contributed by atoms with Crippen molar-refractivity contribution in [1.82, 2.24) is 4.72 Å². The van der Waals surface area contributed by atoms with Crippen LogP contribution < -0.4 is 10.5 Å². The summed E-state index contributed by atoms with van der Waals surface area (Å²) in [5, 5.41) is 0. The van der Waals surface area contributed by atoms with Gasteiger partial charge in [-0.3, -0.25) is 0 Å². The zero-order valence-corrected chi connectivity index (χ0v) is 11.2. The quantitative estimate of drug-likeness (QED) is 0.586. The van der Waals surface area contributed by atoms with Crippen molar-refractivity contribution in [3.8, 4) is 0 Å². The molecule has 0 aliphatic heterocycles. The van der Waals surface area contributed by atoms with E-state index in [2.05, 4.69) is 4.72 Å². The highest BCUT2D eigenvalue weighted by atomic mass is 32.2. The van der Waals surface area contributed by atoms with Gasteiger partial charge in [-0.1, -0.05) is 25.0 Å². The van der Waals surface area contributed by atoms with Gasteiger partial charge in [0.1, 0.15) is 0 Å². The highest BCUT2D eigenvalue weighted by Gasteiger charge is 2.20. The molecule has 0 heterocycles. The molecule has 0 saturated heterocycles. The fraction of sp³-hybridized carbons (Fsp3) is 0.538. The fourth-order valence-electron chi connectivity index (χ4n) is 1.91. The van der Waals surface area contributed by atoms with Gasteiger partial charge in [0.05, 0.1) is 5.75 Å². The van der Waals surface area contributed by atoms with Crippen LogP contribution in [0.5, 0.6) is 0 Å². The normalized spacial score (nSPS) is 15.8. The van der Waals surface area contributed by atoms with Crippen molar-refractivity contribution in [2.24, 2.45) is 5.92 Å². The summed E-state index contributed by atoms with van der Waals surface area (Å²) >= 11 is 0. The number of sulfonamides is 1. The summed E-state index contributed by atoms with van der Waals surface area (Å²) in [6, 6.07) is 6.94. The molecule has 0 bridgehead atoms. The summed E-state index contributed by atoms with van der Waals surface area (Å²) in [5.41, 5.74) is 6.97. The Hall–Kier alpha value is -1.07. The SMILES string of the molecule is Nc1ccc(CS(=O)(=O)NCCCC2CC2)cc1. The standard InChI is InChI=1S/C13H20N2O2S/c14-13-7-5-12(6-8-13)10-18(16,17)15-9-1-2-11-3-4-11/h5-8,11,15H,1-4,9-10,14H2. The topological polar surface area (TPSA) is 72.2 Å². The zero-order valence-electron chi connectivity index (χ0n) is 10.4. The van der Waals surface area contributed by atoms with Crippen LogP contribution in [0.15, 0.2) is 24.3 Å². The third-order valence-electron chi connectivity index (χ3n) is 3.14. The monoisotopic (exact) mass is 268 g/mol. The van der Waals surface area contributed by atoms with Crippen LogP contribution in [0.2, 0.25) is 0 Å². The van der Waals surface area contributed by atoms with E-state index in [4.69, 9.17) is 5.73 Å². The fourth-order valence-corrected chi connectivity index (χ4v) is 3.10. The maximum atomic E-state index is 11.8. The van der Waals surface area contributed by atoms with Gasteiger partial charge in [-0.15, -0.1) is 0 Å². The number of anilines is 1. The molecule has 4 nitrogen and oxygen atoms in total. The molecule has 1 aliphatic carbocycles. The summed E-state index contributed by atoms with van der Waals surface area (Å²) < 4.78 is 26.3. The minimum Gasteiger partial charge on any atom is -0.399 e. The highest BCUT2D eigenvalue weighted by Crippen LogP contribution is 2.33. The van der Waals surface area contributed by atoms with Crippen LogP contribution in [0.25, 0.3) is 0 Å². The van der Waals surface area contributed by atoms with E-state index in [1.165, 1.54) is 12.8 Å². The first kappa shape index (κ1) is 13.4. The van der Waals surface area contributed by atoms with Gasteiger partial charge >= 0.3 is 0 Å². The molecular formula is C13H20N2O2S. The second-order valence-corrected chi connectivity index (χ2v) is 6.79. The van der Waals surface area contributed by atoms with Crippen LogP contribution in [-0.2, 0) is 15.8 Å².